The molecule has 0 fully saturated rings. The van der Waals surface area contributed by atoms with E-state index in [1.807, 2.05) is 12.1 Å². The summed E-state index contributed by atoms with van der Waals surface area (Å²) in [5.41, 5.74) is 4.57. The molecule has 0 aliphatic heterocycles. The standard InChI is InChI=1S/C39H23N3O/c1-2-12-27-23-36-34(21-26(27)11-1)33-22-28(19-20-35(33)43-36)37-40-38(31-17-7-13-24-9-3-5-15-29(24)31)42-39(41-37)32-18-8-14-25-10-4-6-16-30(25)32/h1-23H. The normalized spacial score (nSPS) is 11.7. The minimum atomic E-state index is 0.623. The molecule has 0 unspecified atom stereocenters. The third-order valence-electron chi connectivity index (χ3n) is 8.29. The van der Waals surface area contributed by atoms with E-state index in [1.165, 1.54) is 5.39 Å². The van der Waals surface area contributed by atoms with Gasteiger partial charge in [-0.1, -0.05) is 109 Å². The third kappa shape index (κ3) is 3.88. The van der Waals surface area contributed by atoms with E-state index < -0.39 is 0 Å². The van der Waals surface area contributed by atoms with Gasteiger partial charge < -0.3 is 4.42 Å². The van der Waals surface area contributed by atoms with Gasteiger partial charge in [0.25, 0.3) is 0 Å². The largest absolute Gasteiger partial charge is 0.456 e. The molecule has 7 aromatic carbocycles. The summed E-state index contributed by atoms with van der Waals surface area (Å²) in [7, 11) is 0. The van der Waals surface area contributed by atoms with Crippen LogP contribution in [-0.4, -0.2) is 15.0 Å². The van der Waals surface area contributed by atoms with E-state index in [9.17, 15) is 0 Å². The first-order valence-corrected chi connectivity index (χ1v) is 14.4. The van der Waals surface area contributed by atoms with Crippen molar-refractivity contribution in [3.63, 3.8) is 0 Å². The number of hydrogen-bond donors (Lipinski definition) is 0. The molecule has 200 valence electrons. The monoisotopic (exact) mass is 549 g/mol. The van der Waals surface area contributed by atoms with Gasteiger partial charge in [-0.3, -0.25) is 0 Å². The van der Waals surface area contributed by atoms with Crippen molar-refractivity contribution in [2.75, 3.05) is 0 Å². The van der Waals surface area contributed by atoms with Crippen LogP contribution < -0.4 is 0 Å². The minimum absolute atomic E-state index is 0.623. The summed E-state index contributed by atoms with van der Waals surface area (Å²) >= 11 is 0. The van der Waals surface area contributed by atoms with Crippen molar-refractivity contribution in [1.29, 1.82) is 0 Å². The molecule has 9 aromatic rings. The summed E-state index contributed by atoms with van der Waals surface area (Å²) in [5, 5.41) is 8.96. The van der Waals surface area contributed by atoms with Crippen LogP contribution >= 0.6 is 0 Å². The molecule has 2 heterocycles. The lowest BCUT2D eigenvalue weighted by atomic mass is 10.0. The fraction of sp³-hybridized carbons (Fsp3) is 0. The Bertz CT molecular complexity index is 2420. The molecule has 43 heavy (non-hydrogen) atoms. The fourth-order valence-electron chi connectivity index (χ4n) is 6.19. The Labute approximate surface area is 246 Å². The molecule has 0 bridgehead atoms. The lowest BCUT2D eigenvalue weighted by molar-refractivity contribution is 0.669. The van der Waals surface area contributed by atoms with E-state index >= 15 is 0 Å². The van der Waals surface area contributed by atoms with Gasteiger partial charge in [-0.25, -0.2) is 15.0 Å². The molecule has 0 saturated heterocycles. The van der Waals surface area contributed by atoms with Gasteiger partial charge in [-0.2, -0.15) is 0 Å². The Morgan fingerprint density at radius 3 is 1.51 bits per heavy atom. The maximum Gasteiger partial charge on any atom is 0.164 e. The maximum absolute atomic E-state index is 6.28. The van der Waals surface area contributed by atoms with Crippen LogP contribution in [0.15, 0.2) is 144 Å². The van der Waals surface area contributed by atoms with Gasteiger partial charge in [-0.05, 0) is 62.6 Å². The summed E-state index contributed by atoms with van der Waals surface area (Å²) in [5.74, 6) is 1.92. The van der Waals surface area contributed by atoms with E-state index in [0.717, 1.165) is 65.6 Å². The number of rotatable bonds is 3. The molecule has 0 amide bonds. The number of hydrogen-bond acceptors (Lipinski definition) is 4. The molecule has 0 saturated carbocycles. The molecule has 0 spiro atoms. The van der Waals surface area contributed by atoms with E-state index in [2.05, 4.69) is 127 Å². The highest BCUT2D eigenvalue weighted by Gasteiger charge is 2.17. The topological polar surface area (TPSA) is 51.8 Å². The van der Waals surface area contributed by atoms with E-state index in [4.69, 9.17) is 19.4 Å². The zero-order chi connectivity index (χ0) is 28.3. The molecular formula is C39H23N3O. The first kappa shape index (κ1) is 23.8. The quantitative estimate of drug-likeness (QED) is 0.220. The summed E-state index contributed by atoms with van der Waals surface area (Å²) in [4.78, 5) is 15.3. The molecule has 9 rings (SSSR count). The van der Waals surface area contributed by atoms with Crippen molar-refractivity contribution in [3.05, 3.63) is 140 Å². The molecule has 0 atom stereocenters. The van der Waals surface area contributed by atoms with Gasteiger partial charge in [0.05, 0.1) is 0 Å². The van der Waals surface area contributed by atoms with Crippen molar-refractivity contribution in [2.45, 2.75) is 0 Å². The second-order valence-electron chi connectivity index (χ2n) is 10.9. The molecule has 0 radical (unpaired) electrons. The molecule has 2 aromatic heterocycles. The Hall–Kier alpha value is -5.87. The Kier molecular flexibility index (Phi) is 5.16. The van der Waals surface area contributed by atoms with Gasteiger partial charge in [0, 0.05) is 27.5 Å². The molecule has 4 heteroatoms. The van der Waals surface area contributed by atoms with Gasteiger partial charge in [-0.15, -0.1) is 0 Å². The highest BCUT2D eigenvalue weighted by molar-refractivity contribution is 6.11. The number of nitrogens with zero attached hydrogens (tertiary/aromatic N) is 3. The fourth-order valence-corrected chi connectivity index (χ4v) is 6.19. The second kappa shape index (κ2) is 9.33. The van der Waals surface area contributed by atoms with Crippen LogP contribution in [0.4, 0.5) is 0 Å². The van der Waals surface area contributed by atoms with Gasteiger partial charge >= 0.3 is 0 Å². The van der Waals surface area contributed by atoms with Gasteiger partial charge in [0.15, 0.2) is 17.5 Å². The van der Waals surface area contributed by atoms with Gasteiger partial charge in [0.2, 0.25) is 0 Å². The average molecular weight is 550 g/mol. The first-order valence-electron chi connectivity index (χ1n) is 14.4. The molecule has 0 aliphatic rings. The predicted molar refractivity (Wildman–Crippen MR) is 176 cm³/mol. The minimum Gasteiger partial charge on any atom is -0.456 e. The molecule has 0 N–H and O–H groups in total. The lowest BCUT2D eigenvalue weighted by Crippen LogP contribution is -2.01. The van der Waals surface area contributed by atoms with E-state index in [1.54, 1.807) is 0 Å². The van der Waals surface area contributed by atoms with Crippen molar-refractivity contribution in [1.82, 2.24) is 15.0 Å². The number of aromatic nitrogens is 3. The first-order chi connectivity index (χ1) is 21.3. The summed E-state index contributed by atoms with van der Waals surface area (Å²) in [6.07, 6.45) is 0. The van der Waals surface area contributed by atoms with Crippen molar-refractivity contribution < 1.29 is 4.42 Å². The maximum atomic E-state index is 6.28. The Balaban J connectivity index is 1.31. The average Bonchev–Trinajstić information content (AvgIpc) is 3.43. The van der Waals surface area contributed by atoms with Crippen LogP contribution in [0.25, 0.3) is 88.4 Å². The van der Waals surface area contributed by atoms with Crippen LogP contribution in [0.2, 0.25) is 0 Å². The molecular weight excluding hydrogens is 526 g/mol. The van der Waals surface area contributed by atoms with Crippen molar-refractivity contribution in [3.8, 4) is 34.2 Å². The van der Waals surface area contributed by atoms with Crippen LogP contribution in [0.3, 0.4) is 0 Å². The van der Waals surface area contributed by atoms with Crippen LogP contribution in [0.5, 0.6) is 0 Å². The zero-order valence-electron chi connectivity index (χ0n) is 23.0. The smallest absolute Gasteiger partial charge is 0.164 e. The highest BCUT2D eigenvalue weighted by atomic mass is 16.3. The number of furan rings is 1. The van der Waals surface area contributed by atoms with Crippen LogP contribution in [-0.2, 0) is 0 Å². The summed E-state index contributed by atoms with van der Waals surface area (Å²) in [6, 6.07) is 48.1. The molecule has 4 nitrogen and oxygen atoms in total. The number of benzene rings is 7. The SMILES string of the molecule is c1ccc2cc3c(cc2c1)oc1ccc(-c2nc(-c4cccc5ccccc45)nc(-c4cccc5ccccc45)n2)cc13. The van der Waals surface area contributed by atoms with Crippen LogP contribution in [0.1, 0.15) is 0 Å². The highest BCUT2D eigenvalue weighted by Crippen LogP contribution is 2.36. The summed E-state index contributed by atoms with van der Waals surface area (Å²) < 4.78 is 6.28. The van der Waals surface area contributed by atoms with Crippen LogP contribution in [0, 0.1) is 0 Å². The molecule has 0 aliphatic carbocycles. The predicted octanol–water partition coefficient (Wildman–Crippen LogP) is 10.2. The lowest BCUT2D eigenvalue weighted by Gasteiger charge is -2.11. The second-order valence-corrected chi connectivity index (χ2v) is 10.9. The Morgan fingerprint density at radius 1 is 0.349 bits per heavy atom. The Morgan fingerprint density at radius 2 is 0.860 bits per heavy atom. The van der Waals surface area contributed by atoms with Crippen molar-refractivity contribution >= 4 is 54.3 Å². The number of fused-ring (bicyclic) bond motifs is 6. The summed E-state index contributed by atoms with van der Waals surface area (Å²) in [6.45, 7) is 0. The zero-order valence-corrected chi connectivity index (χ0v) is 23.0. The van der Waals surface area contributed by atoms with E-state index in [-0.39, 0.29) is 0 Å². The van der Waals surface area contributed by atoms with E-state index in [0.29, 0.717) is 17.5 Å². The third-order valence-corrected chi connectivity index (χ3v) is 8.29. The van der Waals surface area contributed by atoms with Crippen molar-refractivity contribution in [2.24, 2.45) is 0 Å². The van der Waals surface area contributed by atoms with Gasteiger partial charge in [0.1, 0.15) is 11.2 Å².